The van der Waals surface area contributed by atoms with E-state index >= 15 is 0 Å². The molecule has 160 valence electrons. The van der Waals surface area contributed by atoms with E-state index in [1.54, 1.807) is 19.4 Å². The Kier molecular flexibility index (Phi) is 7.74. The van der Waals surface area contributed by atoms with Crippen LogP contribution in [0.4, 0.5) is 5.82 Å². The molecule has 0 fully saturated rings. The first-order chi connectivity index (χ1) is 14.6. The predicted octanol–water partition coefficient (Wildman–Crippen LogP) is 4.79. The summed E-state index contributed by atoms with van der Waals surface area (Å²) in [7, 11) is 1.63. The third kappa shape index (κ3) is 4.78. The Hall–Kier alpha value is -2.54. The van der Waals surface area contributed by atoms with Crippen molar-refractivity contribution in [1.82, 2.24) is 9.55 Å². The molecular formula is C23H28BrN3O3. The van der Waals surface area contributed by atoms with Gasteiger partial charge in [-0.15, -0.1) is 0 Å². The van der Waals surface area contributed by atoms with E-state index in [1.165, 1.54) is 0 Å². The van der Waals surface area contributed by atoms with Gasteiger partial charge >= 0.3 is 0 Å². The molecule has 3 rings (SSSR count). The Morgan fingerprint density at radius 3 is 2.57 bits per heavy atom. The first kappa shape index (κ1) is 22.2. The number of halogens is 1. The average molecular weight is 474 g/mol. The molecule has 1 aromatic carbocycles. The summed E-state index contributed by atoms with van der Waals surface area (Å²) in [5.41, 5.74) is 1.45. The fourth-order valence-electron chi connectivity index (χ4n) is 3.36. The van der Waals surface area contributed by atoms with Crippen molar-refractivity contribution in [3.63, 3.8) is 0 Å². The molecule has 0 aliphatic carbocycles. The van der Waals surface area contributed by atoms with E-state index in [2.05, 4.69) is 34.7 Å². The van der Waals surface area contributed by atoms with Crippen LogP contribution in [0.5, 0.6) is 11.5 Å². The van der Waals surface area contributed by atoms with E-state index < -0.39 is 0 Å². The fraction of sp³-hybridized carbons (Fsp3) is 0.391. The number of methoxy groups -OCH3 is 1. The summed E-state index contributed by atoms with van der Waals surface area (Å²) in [4.78, 5) is 19.4. The lowest BCUT2D eigenvalue weighted by Gasteiger charge is -2.21. The van der Waals surface area contributed by atoms with Crippen LogP contribution >= 0.6 is 15.9 Å². The van der Waals surface area contributed by atoms with E-state index in [4.69, 9.17) is 14.5 Å². The molecule has 30 heavy (non-hydrogen) atoms. The third-order valence-electron chi connectivity index (χ3n) is 5.03. The lowest BCUT2D eigenvalue weighted by atomic mass is 10.2. The van der Waals surface area contributed by atoms with Gasteiger partial charge in [0.25, 0.3) is 0 Å². The molecule has 3 aromatic rings. The minimum atomic E-state index is -0.0420. The van der Waals surface area contributed by atoms with Crippen molar-refractivity contribution in [3.8, 4) is 17.2 Å². The van der Waals surface area contributed by atoms with Gasteiger partial charge < -0.3 is 18.9 Å². The number of unbranched alkanes of at least 4 members (excludes halogenated alkanes) is 1. The van der Waals surface area contributed by atoms with Crippen molar-refractivity contribution in [1.29, 1.82) is 0 Å². The summed E-state index contributed by atoms with van der Waals surface area (Å²) in [5, 5.41) is 1.54. The highest BCUT2D eigenvalue weighted by atomic mass is 79.9. The second-order valence-electron chi connectivity index (χ2n) is 6.84. The van der Waals surface area contributed by atoms with E-state index in [0.29, 0.717) is 29.1 Å². The molecule has 0 amide bonds. The SMILES string of the molecule is CCN(CC)c1ccc2c(=O)ccn(-c3ccc(OC)c(OCCCCBr)c3)c2n1. The number of rotatable bonds is 10. The predicted molar refractivity (Wildman–Crippen MR) is 126 cm³/mol. The summed E-state index contributed by atoms with van der Waals surface area (Å²) in [6.45, 7) is 6.49. The molecule has 0 aliphatic rings. The Bertz CT molecular complexity index is 1050. The van der Waals surface area contributed by atoms with E-state index in [-0.39, 0.29) is 5.43 Å². The molecule has 0 spiro atoms. The molecule has 0 bridgehead atoms. The molecule has 0 saturated carbocycles. The highest BCUT2D eigenvalue weighted by Crippen LogP contribution is 2.31. The monoisotopic (exact) mass is 473 g/mol. The average Bonchev–Trinajstić information content (AvgIpc) is 2.78. The Labute approximate surface area is 185 Å². The topological polar surface area (TPSA) is 56.6 Å². The molecule has 6 nitrogen and oxygen atoms in total. The van der Waals surface area contributed by atoms with Gasteiger partial charge in [-0.05, 0) is 51.0 Å². The van der Waals surface area contributed by atoms with Crippen LogP contribution in [0, 0.1) is 0 Å². The van der Waals surface area contributed by atoms with Crippen molar-refractivity contribution in [2.24, 2.45) is 0 Å². The van der Waals surface area contributed by atoms with Crippen LogP contribution in [-0.4, -0.2) is 41.7 Å². The first-order valence-corrected chi connectivity index (χ1v) is 11.4. The minimum Gasteiger partial charge on any atom is -0.493 e. The number of nitrogens with zero attached hydrogens (tertiary/aromatic N) is 3. The number of alkyl halides is 1. The molecule has 0 unspecified atom stereocenters. The summed E-state index contributed by atoms with van der Waals surface area (Å²) in [5.74, 6) is 2.21. The van der Waals surface area contributed by atoms with Crippen LogP contribution in [0.25, 0.3) is 16.7 Å². The Balaban J connectivity index is 2.07. The number of hydrogen-bond donors (Lipinski definition) is 0. The molecule has 7 heteroatoms. The van der Waals surface area contributed by atoms with E-state index in [9.17, 15) is 4.79 Å². The summed E-state index contributed by atoms with van der Waals surface area (Å²) in [6, 6.07) is 11.1. The third-order valence-corrected chi connectivity index (χ3v) is 5.59. The van der Waals surface area contributed by atoms with Gasteiger partial charge in [0, 0.05) is 36.7 Å². The van der Waals surface area contributed by atoms with Crippen LogP contribution in [0.2, 0.25) is 0 Å². The van der Waals surface area contributed by atoms with Gasteiger partial charge in [-0.3, -0.25) is 4.79 Å². The van der Waals surface area contributed by atoms with Gasteiger partial charge in [0.1, 0.15) is 5.82 Å². The zero-order chi connectivity index (χ0) is 21.5. The standard InChI is InChI=1S/C23H28BrN3O3/c1-4-26(5-2)22-11-9-18-19(28)12-14-27(23(18)25-22)17-8-10-20(29-3)21(16-17)30-15-7-6-13-24/h8-12,14,16H,4-7,13,15H2,1-3H3. The number of benzene rings is 1. The number of hydrogen-bond acceptors (Lipinski definition) is 5. The van der Waals surface area contributed by atoms with Crippen molar-refractivity contribution in [2.75, 3.05) is 37.0 Å². The number of pyridine rings is 2. The Morgan fingerprint density at radius 2 is 1.87 bits per heavy atom. The second-order valence-corrected chi connectivity index (χ2v) is 7.64. The highest BCUT2D eigenvalue weighted by Gasteiger charge is 2.13. The van der Waals surface area contributed by atoms with Crippen molar-refractivity contribution in [2.45, 2.75) is 26.7 Å². The largest absolute Gasteiger partial charge is 0.493 e. The van der Waals surface area contributed by atoms with Gasteiger partial charge in [0.05, 0.1) is 24.8 Å². The van der Waals surface area contributed by atoms with Gasteiger partial charge in [-0.25, -0.2) is 4.98 Å². The zero-order valence-electron chi connectivity index (χ0n) is 17.7. The lowest BCUT2D eigenvalue weighted by molar-refractivity contribution is 0.288. The normalized spacial score (nSPS) is 10.9. The zero-order valence-corrected chi connectivity index (χ0v) is 19.3. The molecule has 0 atom stereocenters. The van der Waals surface area contributed by atoms with Gasteiger partial charge in [-0.2, -0.15) is 0 Å². The van der Waals surface area contributed by atoms with E-state index in [1.807, 2.05) is 34.9 Å². The second kappa shape index (κ2) is 10.5. The maximum Gasteiger partial charge on any atom is 0.191 e. The lowest BCUT2D eigenvalue weighted by Crippen LogP contribution is -2.23. The molecule has 0 saturated heterocycles. The highest BCUT2D eigenvalue weighted by molar-refractivity contribution is 9.09. The number of anilines is 1. The maximum absolute atomic E-state index is 12.4. The number of ether oxygens (including phenoxy) is 2. The minimum absolute atomic E-state index is 0.0420. The fourth-order valence-corrected chi connectivity index (χ4v) is 3.75. The molecule has 2 aromatic heterocycles. The van der Waals surface area contributed by atoms with Crippen molar-refractivity contribution >= 4 is 32.8 Å². The van der Waals surface area contributed by atoms with Gasteiger partial charge in [0.15, 0.2) is 22.6 Å². The van der Waals surface area contributed by atoms with E-state index in [0.717, 1.165) is 42.8 Å². The van der Waals surface area contributed by atoms with Crippen LogP contribution in [0.3, 0.4) is 0 Å². The summed E-state index contributed by atoms with van der Waals surface area (Å²) >= 11 is 3.44. The Morgan fingerprint density at radius 1 is 1.07 bits per heavy atom. The first-order valence-electron chi connectivity index (χ1n) is 10.3. The van der Waals surface area contributed by atoms with Crippen molar-refractivity contribution in [3.05, 3.63) is 52.8 Å². The molecule has 0 N–H and O–H groups in total. The van der Waals surface area contributed by atoms with Gasteiger partial charge in [-0.1, -0.05) is 15.9 Å². The van der Waals surface area contributed by atoms with Crippen LogP contribution in [-0.2, 0) is 0 Å². The molecule has 0 radical (unpaired) electrons. The molecule has 0 aliphatic heterocycles. The van der Waals surface area contributed by atoms with Crippen LogP contribution in [0.15, 0.2) is 47.4 Å². The molecule has 2 heterocycles. The number of aromatic nitrogens is 2. The van der Waals surface area contributed by atoms with Crippen LogP contribution in [0.1, 0.15) is 26.7 Å². The quantitative estimate of drug-likeness (QED) is 0.312. The van der Waals surface area contributed by atoms with Crippen LogP contribution < -0.4 is 19.8 Å². The summed E-state index contributed by atoms with van der Waals surface area (Å²) in [6.07, 6.45) is 3.76. The number of fused-ring (bicyclic) bond motifs is 1. The van der Waals surface area contributed by atoms with Crippen molar-refractivity contribution < 1.29 is 9.47 Å². The maximum atomic E-state index is 12.4. The van der Waals surface area contributed by atoms with Gasteiger partial charge in [0.2, 0.25) is 0 Å². The smallest absolute Gasteiger partial charge is 0.191 e. The molecular weight excluding hydrogens is 446 g/mol. The summed E-state index contributed by atoms with van der Waals surface area (Å²) < 4.78 is 13.4.